The molecular weight excluding hydrogens is 288 g/mol. The summed E-state index contributed by atoms with van der Waals surface area (Å²) in [5, 5.41) is 12.2. The van der Waals surface area contributed by atoms with Crippen molar-refractivity contribution in [2.45, 2.75) is 52.2 Å². The van der Waals surface area contributed by atoms with E-state index in [0.717, 1.165) is 12.8 Å². The lowest BCUT2D eigenvalue weighted by Crippen LogP contribution is -2.44. The highest BCUT2D eigenvalue weighted by atomic mass is 16.6. The summed E-state index contributed by atoms with van der Waals surface area (Å²) in [6.45, 7) is 7.98. The Morgan fingerprint density at radius 1 is 1.36 bits per heavy atom. The highest BCUT2D eigenvalue weighted by Crippen LogP contribution is 2.17. The number of amides is 1. The van der Waals surface area contributed by atoms with Gasteiger partial charge in [0.25, 0.3) is 0 Å². The Morgan fingerprint density at radius 2 is 2.00 bits per heavy atom. The van der Waals surface area contributed by atoms with Crippen LogP contribution in [0.4, 0.5) is 4.79 Å². The maximum absolute atomic E-state index is 12.1. The summed E-state index contributed by atoms with van der Waals surface area (Å²) in [6, 6.07) is -0.183. The molecule has 0 aromatic heterocycles. The molecule has 124 valence electrons. The molecule has 0 spiro atoms. The van der Waals surface area contributed by atoms with Gasteiger partial charge in [-0.05, 0) is 40.5 Å². The van der Waals surface area contributed by atoms with Gasteiger partial charge in [-0.3, -0.25) is 4.99 Å². The van der Waals surface area contributed by atoms with Crippen molar-refractivity contribution in [3.63, 3.8) is 0 Å². The first-order valence-electron chi connectivity index (χ1n) is 7.18. The molecule has 1 atom stereocenters. The molecule has 1 fully saturated rings. The van der Waals surface area contributed by atoms with Gasteiger partial charge in [0.1, 0.15) is 5.60 Å². The molecule has 1 heterocycles. The van der Waals surface area contributed by atoms with Crippen LogP contribution in [0.25, 0.3) is 0 Å². The number of carbonyl (C=O) groups excluding carboxylic acids is 1. The first-order valence-corrected chi connectivity index (χ1v) is 7.18. The molecule has 0 radical (unpaired) electrons. The zero-order chi connectivity index (χ0) is 16.9. The van der Waals surface area contributed by atoms with Gasteiger partial charge in [-0.2, -0.15) is 5.10 Å². The number of carbonyl (C=O) groups is 2. The van der Waals surface area contributed by atoms with Crippen LogP contribution >= 0.6 is 0 Å². The summed E-state index contributed by atoms with van der Waals surface area (Å²) in [7, 11) is 0. The molecule has 1 saturated heterocycles. The fourth-order valence-electron chi connectivity index (χ4n) is 2.19. The SMILES string of the molecule is CC(=NC1CCCN(C(=O)OC(C)(C)C)C1)/C(=N\N)C(=O)O. The fraction of sp³-hybridized carbons (Fsp3) is 0.714. The predicted molar refractivity (Wildman–Crippen MR) is 83.2 cm³/mol. The number of carboxylic acid groups (broad SMARTS) is 1. The molecule has 8 heteroatoms. The van der Waals surface area contributed by atoms with Gasteiger partial charge < -0.3 is 20.6 Å². The van der Waals surface area contributed by atoms with Crippen molar-refractivity contribution in [2.75, 3.05) is 13.1 Å². The van der Waals surface area contributed by atoms with Crippen LogP contribution in [-0.4, -0.2) is 58.2 Å². The van der Waals surface area contributed by atoms with E-state index >= 15 is 0 Å². The molecule has 0 aliphatic carbocycles. The molecule has 1 unspecified atom stereocenters. The van der Waals surface area contributed by atoms with Crippen molar-refractivity contribution in [3.8, 4) is 0 Å². The number of rotatable bonds is 3. The number of aliphatic carboxylic acids is 1. The third kappa shape index (κ3) is 5.34. The Kier molecular flexibility index (Phi) is 5.90. The van der Waals surface area contributed by atoms with E-state index in [1.54, 1.807) is 11.8 Å². The summed E-state index contributed by atoms with van der Waals surface area (Å²) < 4.78 is 5.34. The summed E-state index contributed by atoms with van der Waals surface area (Å²) >= 11 is 0. The summed E-state index contributed by atoms with van der Waals surface area (Å²) in [6.07, 6.45) is 1.17. The van der Waals surface area contributed by atoms with E-state index in [4.69, 9.17) is 15.7 Å². The third-order valence-electron chi connectivity index (χ3n) is 3.10. The van der Waals surface area contributed by atoms with E-state index in [1.807, 2.05) is 20.8 Å². The van der Waals surface area contributed by atoms with Crippen LogP contribution in [-0.2, 0) is 9.53 Å². The van der Waals surface area contributed by atoms with Crippen molar-refractivity contribution in [1.29, 1.82) is 0 Å². The van der Waals surface area contributed by atoms with Crippen LogP contribution in [0.1, 0.15) is 40.5 Å². The zero-order valence-electron chi connectivity index (χ0n) is 13.5. The molecular formula is C14H24N4O4. The lowest BCUT2D eigenvalue weighted by Gasteiger charge is -2.32. The van der Waals surface area contributed by atoms with E-state index in [1.165, 1.54) is 0 Å². The van der Waals surface area contributed by atoms with Crippen molar-refractivity contribution in [1.82, 2.24) is 4.90 Å². The Morgan fingerprint density at radius 3 is 2.50 bits per heavy atom. The summed E-state index contributed by atoms with van der Waals surface area (Å²) in [5.74, 6) is 3.85. The normalized spacial score (nSPS) is 20.7. The number of nitrogens with zero attached hydrogens (tertiary/aromatic N) is 3. The van der Waals surface area contributed by atoms with Gasteiger partial charge in [-0.25, -0.2) is 9.59 Å². The minimum Gasteiger partial charge on any atom is -0.476 e. The minimum absolute atomic E-state index is 0.183. The number of hydrogen-bond donors (Lipinski definition) is 2. The fourth-order valence-corrected chi connectivity index (χ4v) is 2.19. The van der Waals surface area contributed by atoms with Crippen molar-refractivity contribution in [3.05, 3.63) is 0 Å². The first kappa shape index (κ1) is 17.9. The number of likely N-dealkylation sites (tertiary alicyclic amines) is 1. The van der Waals surface area contributed by atoms with E-state index in [9.17, 15) is 9.59 Å². The second kappa shape index (κ2) is 7.24. The summed E-state index contributed by atoms with van der Waals surface area (Å²) in [5.41, 5.74) is -0.563. The van der Waals surface area contributed by atoms with Crippen molar-refractivity contribution in [2.24, 2.45) is 15.9 Å². The second-order valence-electron chi connectivity index (χ2n) is 6.22. The van der Waals surface area contributed by atoms with Gasteiger partial charge in [0, 0.05) is 13.1 Å². The van der Waals surface area contributed by atoms with Gasteiger partial charge in [0.15, 0.2) is 5.71 Å². The molecule has 0 bridgehead atoms. The first-order chi connectivity index (χ1) is 10.1. The number of hydrogen-bond acceptors (Lipinski definition) is 6. The zero-order valence-corrected chi connectivity index (χ0v) is 13.5. The molecule has 0 saturated carbocycles. The van der Waals surface area contributed by atoms with Crippen molar-refractivity contribution >= 4 is 23.5 Å². The van der Waals surface area contributed by atoms with Crippen LogP contribution < -0.4 is 5.84 Å². The number of carboxylic acids is 1. The average molecular weight is 312 g/mol. The van der Waals surface area contributed by atoms with E-state index in [2.05, 4.69) is 10.1 Å². The number of hydrazone groups is 1. The lowest BCUT2D eigenvalue weighted by molar-refractivity contribution is -0.129. The lowest BCUT2D eigenvalue weighted by atomic mass is 10.1. The maximum atomic E-state index is 12.1. The average Bonchev–Trinajstić information content (AvgIpc) is 2.37. The number of ether oxygens (including phenoxy) is 1. The Labute approximate surface area is 130 Å². The van der Waals surface area contributed by atoms with Gasteiger partial charge in [0.2, 0.25) is 0 Å². The highest BCUT2D eigenvalue weighted by Gasteiger charge is 2.28. The second-order valence-corrected chi connectivity index (χ2v) is 6.22. The third-order valence-corrected chi connectivity index (χ3v) is 3.10. The Bertz CT molecular complexity index is 494. The summed E-state index contributed by atoms with van der Waals surface area (Å²) in [4.78, 5) is 29.0. The van der Waals surface area contributed by atoms with Gasteiger partial charge in [-0.15, -0.1) is 0 Å². The quantitative estimate of drug-likeness (QED) is 0.462. The number of aliphatic imine (C=N–C) groups is 1. The van der Waals surface area contributed by atoms with Gasteiger partial charge >= 0.3 is 12.1 Å². The van der Waals surface area contributed by atoms with Gasteiger partial charge in [-0.1, -0.05) is 0 Å². The van der Waals surface area contributed by atoms with E-state index < -0.39 is 11.6 Å². The van der Waals surface area contributed by atoms with Gasteiger partial charge in [0.05, 0.1) is 11.8 Å². The molecule has 1 amide bonds. The van der Waals surface area contributed by atoms with Crippen LogP contribution in [0.3, 0.4) is 0 Å². The van der Waals surface area contributed by atoms with Crippen molar-refractivity contribution < 1.29 is 19.4 Å². The molecule has 0 aromatic carbocycles. The molecule has 22 heavy (non-hydrogen) atoms. The van der Waals surface area contributed by atoms with Crippen LogP contribution in [0.5, 0.6) is 0 Å². The molecule has 0 aromatic rings. The minimum atomic E-state index is -1.22. The molecule has 8 nitrogen and oxygen atoms in total. The number of nitrogens with two attached hydrogens (primary N) is 1. The van der Waals surface area contributed by atoms with Crippen LogP contribution in [0.15, 0.2) is 10.1 Å². The largest absolute Gasteiger partial charge is 0.476 e. The smallest absolute Gasteiger partial charge is 0.410 e. The number of piperidine rings is 1. The van der Waals surface area contributed by atoms with Crippen LogP contribution in [0, 0.1) is 0 Å². The molecule has 3 N–H and O–H groups in total. The maximum Gasteiger partial charge on any atom is 0.410 e. The van der Waals surface area contributed by atoms with E-state index in [0.29, 0.717) is 13.1 Å². The molecule has 1 aliphatic rings. The predicted octanol–water partition coefficient (Wildman–Crippen LogP) is 1.25. The van der Waals surface area contributed by atoms with Crippen LogP contribution in [0.2, 0.25) is 0 Å². The topological polar surface area (TPSA) is 118 Å². The van der Waals surface area contributed by atoms with E-state index in [-0.39, 0.29) is 23.6 Å². The standard InChI is InChI=1S/C14H24N4O4/c1-9(11(17-15)12(19)20)16-10-6-5-7-18(8-10)13(21)22-14(2,3)4/h10H,5-8,15H2,1-4H3,(H,19,20)/b16-9?,17-11+. The Hall–Kier alpha value is -2.12. The Balaban J connectivity index is 2.75. The molecule has 1 aliphatic heterocycles. The highest BCUT2D eigenvalue weighted by molar-refractivity contribution is 6.64. The molecule has 1 rings (SSSR count). The monoisotopic (exact) mass is 312 g/mol.